The van der Waals surface area contributed by atoms with E-state index in [0.717, 1.165) is 11.6 Å². The van der Waals surface area contributed by atoms with Crippen molar-refractivity contribution in [3.8, 4) is 0 Å². The second-order valence-electron chi connectivity index (χ2n) is 4.04. The Morgan fingerprint density at radius 1 is 1.36 bits per heavy atom. The maximum Gasteiger partial charge on any atom is 0.0486 e. The normalized spacial score (nSPS) is 17.5. The molecule has 2 nitrogen and oxygen atoms in total. The lowest BCUT2D eigenvalue weighted by Crippen LogP contribution is -1.98. The summed E-state index contributed by atoms with van der Waals surface area (Å²) in [5, 5.41) is 8.84. The molecule has 1 aromatic rings. The SMILES string of the molecule is OCCc1cc(C2CCCC2)ccn1. The highest BCUT2D eigenvalue weighted by Crippen LogP contribution is 2.33. The van der Waals surface area contributed by atoms with Crippen LogP contribution in [0.1, 0.15) is 42.9 Å². The molecule has 14 heavy (non-hydrogen) atoms. The van der Waals surface area contributed by atoms with Gasteiger partial charge in [-0.25, -0.2) is 0 Å². The van der Waals surface area contributed by atoms with Gasteiger partial charge in [0.05, 0.1) is 0 Å². The maximum atomic E-state index is 8.84. The number of nitrogens with zero attached hydrogens (tertiary/aromatic N) is 1. The van der Waals surface area contributed by atoms with E-state index >= 15 is 0 Å². The van der Waals surface area contributed by atoms with Gasteiger partial charge in [-0.3, -0.25) is 4.98 Å². The maximum absolute atomic E-state index is 8.84. The quantitative estimate of drug-likeness (QED) is 0.795. The molecule has 0 bridgehead atoms. The van der Waals surface area contributed by atoms with E-state index in [-0.39, 0.29) is 6.61 Å². The van der Waals surface area contributed by atoms with E-state index in [0.29, 0.717) is 6.42 Å². The minimum Gasteiger partial charge on any atom is -0.396 e. The van der Waals surface area contributed by atoms with Crippen LogP contribution in [0.2, 0.25) is 0 Å². The molecule has 1 fully saturated rings. The second kappa shape index (κ2) is 4.56. The van der Waals surface area contributed by atoms with E-state index in [1.54, 1.807) is 0 Å². The number of rotatable bonds is 3. The van der Waals surface area contributed by atoms with Crippen molar-refractivity contribution in [3.05, 3.63) is 29.6 Å². The number of pyridine rings is 1. The van der Waals surface area contributed by atoms with E-state index in [1.807, 2.05) is 6.20 Å². The van der Waals surface area contributed by atoms with E-state index in [1.165, 1.54) is 31.2 Å². The van der Waals surface area contributed by atoms with Gasteiger partial charge in [-0.2, -0.15) is 0 Å². The van der Waals surface area contributed by atoms with Gasteiger partial charge in [-0.15, -0.1) is 0 Å². The van der Waals surface area contributed by atoms with Crippen LogP contribution in [0.4, 0.5) is 0 Å². The van der Waals surface area contributed by atoms with Gasteiger partial charge in [0.25, 0.3) is 0 Å². The number of aromatic nitrogens is 1. The van der Waals surface area contributed by atoms with Crippen LogP contribution in [-0.2, 0) is 6.42 Å². The predicted molar refractivity (Wildman–Crippen MR) is 56.2 cm³/mol. The first kappa shape index (κ1) is 9.66. The fraction of sp³-hybridized carbons (Fsp3) is 0.583. The molecule has 1 heterocycles. The average molecular weight is 191 g/mol. The molecule has 1 aromatic heterocycles. The molecular weight excluding hydrogens is 174 g/mol. The van der Waals surface area contributed by atoms with Gasteiger partial charge in [-0.1, -0.05) is 12.8 Å². The molecule has 0 saturated heterocycles. The summed E-state index contributed by atoms with van der Waals surface area (Å²) in [6.07, 6.45) is 7.93. The van der Waals surface area contributed by atoms with Crippen molar-refractivity contribution in [2.45, 2.75) is 38.0 Å². The van der Waals surface area contributed by atoms with E-state index in [9.17, 15) is 0 Å². The van der Waals surface area contributed by atoms with Gasteiger partial charge in [0.1, 0.15) is 0 Å². The number of aliphatic hydroxyl groups excluding tert-OH is 1. The Balaban J connectivity index is 2.12. The minimum atomic E-state index is 0.196. The van der Waals surface area contributed by atoms with Gasteiger partial charge in [-0.05, 0) is 36.5 Å². The highest BCUT2D eigenvalue weighted by molar-refractivity contribution is 5.21. The molecule has 0 atom stereocenters. The fourth-order valence-electron chi connectivity index (χ4n) is 2.26. The molecule has 1 N–H and O–H groups in total. The molecule has 0 unspecified atom stereocenters. The molecule has 0 aliphatic heterocycles. The van der Waals surface area contributed by atoms with Crippen molar-refractivity contribution in [3.63, 3.8) is 0 Å². The van der Waals surface area contributed by atoms with Crippen LogP contribution in [-0.4, -0.2) is 16.7 Å². The standard InChI is InChI=1S/C12H17NO/c14-8-6-12-9-11(5-7-13-12)10-3-1-2-4-10/h5,7,9-10,14H,1-4,6,8H2. The van der Waals surface area contributed by atoms with Crippen molar-refractivity contribution < 1.29 is 5.11 Å². The first-order valence-electron chi connectivity index (χ1n) is 5.46. The highest BCUT2D eigenvalue weighted by Gasteiger charge is 2.16. The molecule has 76 valence electrons. The summed E-state index contributed by atoms with van der Waals surface area (Å²) in [6.45, 7) is 0.196. The summed E-state index contributed by atoms with van der Waals surface area (Å²) in [7, 11) is 0. The van der Waals surface area contributed by atoms with Crippen LogP contribution in [0, 0.1) is 0 Å². The molecule has 0 aromatic carbocycles. The smallest absolute Gasteiger partial charge is 0.0486 e. The Hall–Kier alpha value is -0.890. The van der Waals surface area contributed by atoms with E-state index in [4.69, 9.17) is 5.11 Å². The summed E-state index contributed by atoms with van der Waals surface area (Å²) >= 11 is 0. The van der Waals surface area contributed by atoms with Crippen LogP contribution < -0.4 is 0 Å². The van der Waals surface area contributed by atoms with E-state index < -0.39 is 0 Å². The lowest BCUT2D eigenvalue weighted by molar-refractivity contribution is 0.298. The molecule has 2 heteroatoms. The first-order valence-corrected chi connectivity index (χ1v) is 5.46. The van der Waals surface area contributed by atoms with Crippen LogP contribution >= 0.6 is 0 Å². The van der Waals surface area contributed by atoms with Gasteiger partial charge < -0.3 is 5.11 Å². The van der Waals surface area contributed by atoms with Crippen molar-refractivity contribution in [1.82, 2.24) is 4.98 Å². The number of aliphatic hydroxyl groups is 1. The Labute approximate surface area is 85.0 Å². The van der Waals surface area contributed by atoms with Gasteiger partial charge in [0.2, 0.25) is 0 Å². The minimum absolute atomic E-state index is 0.196. The third kappa shape index (κ3) is 2.13. The molecule has 0 spiro atoms. The Morgan fingerprint density at radius 3 is 2.86 bits per heavy atom. The summed E-state index contributed by atoms with van der Waals surface area (Å²) in [5.74, 6) is 0.746. The fourth-order valence-corrected chi connectivity index (χ4v) is 2.26. The second-order valence-corrected chi connectivity index (χ2v) is 4.04. The van der Waals surface area contributed by atoms with Gasteiger partial charge >= 0.3 is 0 Å². The molecule has 1 aliphatic carbocycles. The topological polar surface area (TPSA) is 33.1 Å². The summed E-state index contributed by atoms with van der Waals surface area (Å²) in [5.41, 5.74) is 2.44. The van der Waals surface area contributed by atoms with Crippen LogP contribution in [0.3, 0.4) is 0 Å². The molecule has 1 saturated carbocycles. The predicted octanol–water partition coefficient (Wildman–Crippen LogP) is 2.27. The van der Waals surface area contributed by atoms with Crippen LogP contribution in [0.15, 0.2) is 18.3 Å². The molecule has 2 rings (SSSR count). The number of hydrogen-bond donors (Lipinski definition) is 1. The van der Waals surface area contributed by atoms with Gasteiger partial charge in [0, 0.05) is 24.9 Å². The zero-order valence-corrected chi connectivity index (χ0v) is 8.45. The zero-order valence-electron chi connectivity index (χ0n) is 8.45. The van der Waals surface area contributed by atoms with E-state index in [2.05, 4.69) is 17.1 Å². The molecule has 0 amide bonds. The monoisotopic (exact) mass is 191 g/mol. The third-order valence-electron chi connectivity index (χ3n) is 3.04. The Bertz CT molecular complexity index is 292. The lowest BCUT2D eigenvalue weighted by atomic mass is 9.98. The third-order valence-corrected chi connectivity index (χ3v) is 3.04. The lowest BCUT2D eigenvalue weighted by Gasteiger charge is -2.09. The summed E-state index contributed by atoms with van der Waals surface area (Å²) < 4.78 is 0. The van der Waals surface area contributed by atoms with Crippen molar-refractivity contribution in [2.75, 3.05) is 6.61 Å². The average Bonchev–Trinajstić information content (AvgIpc) is 2.71. The van der Waals surface area contributed by atoms with Crippen molar-refractivity contribution in [1.29, 1.82) is 0 Å². The summed E-state index contributed by atoms with van der Waals surface area (Å²) in [6, 6.07) is 4.28. The van der Waals surface area contributed by atoms with Crippen molar-refractivity contribution >= 4 is 0 Å². The Kier molecular flexibility index (Phi) is 3.14. The van der Waals surface area contributed by atoms with Crippen LogP contribution in [0.25, 0.3) is 0 Å². The molecule has 1 aliphatic rings. The van der Waals surface area contributed by atoms with Crippen LogP contribution in [0.5, 0.6) is 0 Å². The largest absolute Gasteiger partial charge is 0.396 e. The number of hydrogen-bond acceptors (Lipinski definition) is 2. The Morgan fingerprint density at radius 2 is 2.14 bits per heavy atom. The zero-order chi connectivity index (χ0) is 9.80. The first-order chi connectivity index (χ1) is 6.90. The van der Waals surface area contributed by atoms with Gasteiger partial charge in [0.15, 0.2) is 0 Å². The molecular formula is C12H17NO. The molecule has 0 radical (unpaired) electrons. The van der Waals surface area contributed by atoms with Crippen molar-refractivity contribution in [2.24, 2.45) is 0 Å². The summed E-state index contributed by atoms with van der Waals surface area (Å²) in [4.78, 5) is 4.24. The highest BCUT2D eigenvalue weighted by atomic mass is 16.3.